The molecule has 0 saturated carbocycles. The first-order valence-corrected chi connectivity index (χ1v) is 11.6. The van der Waals surface area contributed by atoms with Crippen molar-refractivity contribution in [3.63, 3.8) is 0 Å². The highest BCUT2D eigenvalue weighted by Crippen LogP contribution is 2.34. The molecule has 1 aromatic heterocycles. The van der Waals surface area contributed by atoms with E-state index in [4.69, 9.17) is 5.73 Å². The normalized spacial score (nSPS) is 16.2. The molecule has 2 amide bonds. The van der Waals surface area contributed by atoms with Crippen LogP contribution in [0.4, 0.5) is 4.39 Å². The van der Waals surface area contributed by atoms with Gasteiger partial charge < -0.3 is 10.6 Å². The summed E-state index contributed by atoms with van der Waals surface area (Å²) in [6, 6.07) is 13.2. The smallest absolute Gasteiger partial charge is 0.259 e. The van der Waals surface area contributed by atoms with Gasteiger partial charge in [0.1, 0.15) is 5.82 Å². The van der Waals surface area contributed by atoms with Gasteiger partial charge >= 0.3 is 0 Å². The number of amides is 2. The summed E-state index contributed by atoms with van der Waals surface area (Å²) < 4.78 is 14.5. The van der Waals surface area contributed by atoms with E-state index in [-0.39, 0.29) is 17.8 Å². The Morgan fingerprint density at radius 3 is 2.81 bits per heavy atom. The van der Waals surface area contributed by atoms with Crippen LogP contribution in [0.15, 0.2) is 42.5 Å². The standard InChI is InChI=1S/C25H27FN2O2S/c1-16-14-17(11-12-21(16)26)6-4-10-23(29)28-13-5-7-18(28)15-20-19-8-2-3-9-22(19)31-24(20)25(27)30/h2-3,8-9,11-12,14,18H,4-7,10,13,15H2,1H3,(H2,27,30)/t18-/m0/s1. The highest BCUT2D eigenvalue weighted by Gasteiger charge is 2.30. The molecule has 1 atom stereocenters. The largest absolute Gasteiger partial charge is 0.365 e. The first-order chi connectivity index (χ1) is 14.9. The highest BCUT2D eigenvalue weighted by atomic mass is 32.1. The molecule has 2 N–H and O–H groups in total. The van der Waals surface area contributed by atoms with Gasteiger partial charge in [0.25, 0.3) is 5.91 Å². The Hall–Kier alpha value is -2.73. The number of halogens is 1. The van der Waals surface area contributed by atoms with Crippen LogP contribution in [-0.2, 0) is 17.6 Å². The number of rotatable bonds is 7. The number of primary amides is 1. The summed E-state index contributed by atoms with van der Waals surface area (Å²) in [6.07, 6.45) is 4.53. The maximum atomic E-state index is 13.4. The van der Waals surface area contributed by atoms with Crippen LogP contribution in [0, 0.1) is 12.7 Å². The molecule has 1 aliphatic heterocycles. The molecule has 2 heterocycles. The van der Waals surface area contributed by atoms with E-state index in [2.05, 4.69) is 0 Å². The van der Waals surface area contributed by atoms with E-state index in [0.717, 1.165) is 53.4 Å². The van der Waals surface area contributed by atoms with Gasteiger partial charge in [-0.15, -0.1) is 11.3 Å². The fraction of sp³-hybridized carbons (Fsp3) is 0.360. The van der Waals surface area contributed by atoms with Crippen LogP contribution < -0.4 is 5.73 Å². The minimum Gasteiger partial charge on any atom is -0.365 e. The molecule has 4 rings (SSSR count). The molecule has 0 spiro atoms. The number of thiophene rings is 1. The summed E-state index contributed by atoms with van der Waals surface area (Å²) in [5.41, 5.74) is 8.32. The second-order valence-corrected chi connectivity index (χ2v) is 9.35. The average molecular weight is 439 g/mol. The molecule has 0 bridgehead atoms. The summed E-state index contributed by atoms with van der Waals surface area (Å²) in [5.74, 6) is -0.445. The molecule has 162 valence electrons. The van der Waals surface area contributed by atoms with Crippen molar-refractivity contribution in [2.24, 2.45) is 5.73 Å². The number of aryl methyl sites for hydroxylation is 2. The molecule has 3 aromatic rings. The molecule has 0 aliphatic carbocycles. The van der Waals surface area contributed by atoms with E-state index in [0.29, 0.717) is 23.3 Å². The fourth-order valence-corrected chi connectivity index (χ4v) is 5.65. The maximum Gasteiger partial charge on any atom is 0.259 e. The van der Waals surface area contributed by atoms with E-state index in [1.807, 2.05) is 35.2 Å². The SMILES string of the molecule is Cc1cc(CCCC(=O)N2CCC[C@H]2Cc2c(C(N)=O)sc3ccccc23)ccc1F. The number of likely N-dealkylation sites (tertiary alicyclic amines) is 1. The van der Waals surface area contributed by atoms with Gasteiger partial charge in [0.2, 0.25) is 5.91 Å². The lowest BCUT2D eigenvalue weighted by Gasteiger charge is -2.25. The molecule has 31 heavy (non-hydrogen) atoms. The molecule has 2 aromatic carbocycles. The van der Waals surface area contributed by atoms with Crippen LogP contribution in [0.1, 0.15) is 52.0 Å². The Morgan fingerprint density at radius 2 is 2.03 bits per heavy atom. The maximum absolute atomic E-state index is 13.4. The van der Waals surface area contributed by atoms with E-state index < -0.39 is 5.91 Å². The Labute approximate surface area is 185 Å². The minimum atomic E-state index is -0.401. The van der Waals surface area contributed by atoms with Crippen molar-refractivity contribution in [1.82, 2.24) is 4.90 Å². The molecule has 1 saturated heterocycles. The zero-order valence-electron chi connectivity index (χ0n) is 17.7. The monoisotopic (exact) mass is 438 g/mol. The molecule has 0 unspecified atom stereocenters. The van der Waals surface area contributed by atoms with Crippen LogP contribution in [0.2, 0.25) is 0 Å². The van der Waals surface area contributed by atoms with Crippen LogP contribution >= 0.6 is 11.3 Å². The highest BCUT2D eigenvalue weighted by molar-refractivity contribution is 7.21. The van der Waals surface area contributed by atoms with Gasteiger partial charge in [-0.3, -0.25) is 9.59 Å². The fourth-order valence-electron chi connectivity index (χ4n) is 4.56. The van der Waals surface area contributed by atoms with Crippen molar-refractivity contribution in [1.29, 1.82) is 0 Å². The zero-order valence-corrected chi connectivity index (χ0v) is 18.5. The van der Waals surface area contributed by atoms with Gasteiger partial charge in [-0.25, -0.2) is 4.39 Å². The minimum absolute atomic E-state index is 0.0941. The predicted molar refractivity (Wildman–Crippen MR) is 123 cm³/mol. The van der Waals surface area contributed by atoms with Gasteiger partial charge in [-0.05, 0) is 73.2 Å². The van der Waals surface area contributed by atoms with Crippen LogP contribution in [0.25, 0.3) is 10.1 Å². The molecular weight excluding hydrogens is 411 g/mol. The Kier molecular flexibility index (Phi) is 6.37. The Bertz CT molecular complexity index is 1120. The van der Waals surface area contributed by atoms with E-state index in [9.17, 15) is 14.0 Å². The molecule has 1 fully saturated rings. The van der Waals surface area contributed by atoms with Crippen molar-refractivity contribution in [2.45, 2.75) is 51.5 Å². The topological polar surface area (TPSA) is 63.4 Å². The number of carbonyl (C=O) groups is 2. The number of nitrogens with two attached hydrogens (primary N) is 1. The van der Waals surface area contributed by atoms with Crippen LogP contribution in [0.5, 0.6) is 0 Å². The van der Waals surface area contributed by atoms with Gasteiger partial charge in [0.15, 0.2) is 0 Å². The zero-order chi connectivity index (χ0) is 22.0. The van der Waals surface area contributed by atoms with Gasteiger partial charge in [-0.1, -0.05) is 30.3 Å². The second kappa shape index (κ2) is 9.18. The van der Waals surface area contributed by atoms with Crippen molar-refractivity contribution in [3.8, 4) is 0 Å². The van der Waals surface area contributed by atoms with E-state index >= 15 is 0 Å². The van der Waals surface area contributed by atoms with Crippen molar-refractivity contribution < 1.29 is 14.0 Å². The quantitative estimate of drug-likeness (QED) is 0.564. The predicted octanol–water partition coefficient (Wildman–Crippen LogP) is 5.00. The van der Waals surface area contributed by atoms with Gasteiger partial charge in [0.05, 0.1) is 4.88 Å². The van der Waals surface area contributed by atoms with Crippen molar-refractivity contribution >= 4 is 33.2 Å². The number of hydrogen-bond donors (Lipinski definition) is 1. The molecule has 0 radical (unpaired) electrons. The first-order valence-electron chi connectivity index (χ1n) is 10.8. The Morgan fingerprint density at radius 1 is 1.23 bits per heavy atom. The average Bonchev–Trinajstić information content (AvgIpc) is 3.36. The summed E-state index contributed by atoms with van der Waals surface area (Å²) in [5, 5.41) is 1.06. The molecule has 4 nitrogen and oxygen atoms in total. The molecule has 1 aliphatic rings. The number of benzene rings is 2. The number of fused-ring (bicyclic) bond motifs is 1. The lowest BCUT2D eigenvalue weighted by atomic mass is 10.00. The Balaban J connectivity index is 1.43. The van der Waals surface area contributed by atoms with E-state index in [1.54, 1.807) is 13.0 Å². The number of nitrogens with zero attached hydrogens (tertiary/aromatic N) is 1. The van der Waals surface area contributed by atoms with Crippen molar-refractivity contribution in [3.05, 3.63) is 69.8 Å². The third kappa shape index (κ3) is 4.64. The lowest BCUT2D eigenvalue weighted by molar-refractivity contribution is -0.132. The first kappa shape index (κ1) is 21.5. The number of hydrogen-bond acceptors (Lipinski definition) is 3. The summed E-state index contributed by atoms with van der Waals surface area (Å²) >= 11 is 1.43. The lowest BCUT2D eigenvalue weighted by Crippen LogP contribution is -2.37. The summed E-state index contributed by atoms with van der Waals surface area (Å²) in [7, 11) is 0. The third-order valence-electron chi connectivity index (χ3n) is 6.14. The second-order valence-electron chi connectivity index (χ2n) is 8.29. The molecule has 6 heteroatoms. The third-order valence-corrected chi connectivity index (χ3v) is 7.37. The summed E-state index contributed by atoms with van der Waals surface area (Å²) in [4.78, 5) is 27.6. The van der Waals surface area contributed by atoms with Crippen LogP contribution in [0.3, 0.4) is 0 Å². The van der Waals surface area contributed by atoms with Crippen LogP contribution in [-0.4, -0.2) is 29.3 Å². The number of carbonyl (C=O) groups excluding carboxylic acids is 2. The van der Waals surface area contributed by atoms with E-state index in [1.165, 1.54) is 17.4 Å². The molecular formula is C25H27FN2O2S. The summed E-state index contributed by atoms with van der Waals surface area (Å²) in [6.45, 7) is 2.51. The van der Waals surface area contributed by atoms with Gasteiger partial charge in [0, 0.05) is 23.7 Å². The van der Waals surface area contributed by atoms with Gasteiger partial charge in [-0.2, -0.15) is 0 Å². The van der Waals surface area contributed by atoms with Crippen molar-refractivity contribution in [2.75, 3.05) is 6.54 Å².